The number of nitrogens with zero attached hydrogens (tertiary/aromatic N) is 1. The largest absolute Gasteiger partial charge is 0.341 e. The molecule has 0 aliphatic heterocycles. The van der Waals surface area contributed by atoms with E-state index < -0.39 is 0 Å². The van der Waals surface area contributed by atoms with Gasteiger partial charge in [0.2, 0.25) is 0 Å². The molecule has 0 N–H and O–H groups in total. The molecule has 1 aromatic carbocycles. The van der Waals surface area contributed by atoms with Crippen LogP contribution in [0.15, 0.2) is 18.2 Å². The third kappa shape index (κ3) is 2.86. The van der Waals surface area contributed by atoms with Crippen molar-refractivity contribution in [2.24, 2.45) is 0 Å². The summed E-state index contributed by atoms with van der Waals surface area (Å²) < 4.78 is 0. The molecular weight excluding hydrogens is 233 g/mol. The van der Waals surface area contributed by atoms with Gasteiger partial charge < -0.3 is 4.90 Å². The third-order valence-electron chi connectivity index (χ3n) is 2.26. The van der Waals surface area contributed by atoms with Crippen LogP contribution in [0.4, 0.5) is 0 Å². The number of alkyl halides is 1. The average molecular weight is 246 g/mol. The summed E-state index contributed by atoms with van der Waals surface area (Å²) in [6, 6.07) is 5.32. The van der Waals surface area contributed by atoms with Crippen LogP contribution >= 0.6 is 23.2 Å². The highest BCUT2D eigenvalue weighted by Gasteiger charge is 2.14. The molecule has 0 heterocycles. The predicted octanol–water partition coefficient (Wildman–Crippen LogP) is 2.96. The van der Waals surface area contributed by atoms with Crippen molar-refractivity contribution in [2.75, 3.05) is 19.5 Å². The number of amides is 1. The summed E-state index contributed by atoms with van der Waals surface area (Å²) in [7, 11) is 1.73. The smallest absolute Gasteiger partial charge is 0.253 e. The number of carbonyl (C=O) groups excluding carboxylic acids is 1. The Kier molecular flexibility index (Phi) is 4.43. The van der Waals surface area contributed by atoms with Gasteiger partial charge in [-0.15, -0.1) is 11.6 Å². The van der Waals surface area contributed by atoms with E-state index in [0.717, 1.165) is 5.56 Å². The van der Waals surface area contributed by atoms with E-state index >= 15 is 0 Å². The highest BCUT2D eigenvalue weighted by Crippen LogP contribution is 2.19. The average Bonchev–Trinajstić information content (AvgIpc) is 2.21. The quantitative estimate of drug-likeness (QED) is 0.751. The standard InChI is InChI=1S/C11H13Cl2NO/c1-8-9(4-3-5-10(8)13)11(15)14(2)7-6-12/h3-5H,6-7H2,1-2H3. The van der Waals surface area contributed by atoms with Crippen molar-refractivity contribution in [1.29, 1.82) is 0 Å². The summed E-state index contributed by atoms with van der Waals surface area (Å²) >= 11 is 11.5. The monoisotopic (exact) mass is 245 g/mol. The van der Waals surface area contributed by atoms with Gasteiger partial charge in [0, 0.05) is 30.1 Å². The van der Waals surface area contributed by atoms with E-state index in [9.17, 15) is 4.79 Å². The van der Waals surface area contributed by atoms with Crippen LogP contribution in [0.1, 0.15) is 15.9 Å². The Hall–Kier alpha value is -0.730. The minimum Gasteiger partial charge on any atom is -0.341 e. The number of carbonyl (C=O) groups is 1. The van der Waals surface area contributed by atoms with Crippen molar-refractivity contribution in [1.82, 2.24) is 4.90 Å². The molecule has 4 heteroatoms. The van der Waals surface area contributed by atoms with Gasteiger partial charge in [-0.3, -0.25) is 4.79 Å². The molecule has 0 bridgehead atoms. The first-order valence-electron chi connectivity index (χ1n) is 4.64. The van der Waals surface area contributed by atoms with Gasteiger partial charge in [0.15, 0.2) is 0 Å². The van der Waals surface area contributed by atoms with Crippen molar-refractivity contribution >= 4 is 29.1 Å². The van der Waals surface area contributed by atoms with Crippen LogP contribution in [0.5, 0.6) is 0 Å². The lowest BCUT2D eigenvalue weighted by Crippen LogP contribution is -2.29. The van der Waals surface area contributed by atoms with Gasteiger partial charge in [0.05, 0.1) is 0 Å². The fourth-order valence-electron chi connectivity index (χ4n) is 1.27. The second-order valence-electron chi connectivity index (χ2n) is 3.33. The molecule has 0 fully saturated rings. The second kappa shape index (κ2) is 5.38. The summed E-state index contributed by atoms with van der Waals surface area (Å²) in [5.41, 5.74) is 1.45. The Morgan fingerprint density at radius 2 is 2.13 bits per heavy atom. The van der Waals surface area contributed by atoms with Crippen LogP contribution < -0.4 is 0 Å². The number of rotatable bonds is 3. The number of hydrogen-bond acceptors (Lipinski definition) is 1. The summed E-state index contributed by atoms with van der Waals surface area (Å²) in [6.45, 7) is 2.37. The van der Waals surface area contributed by atoms with Gasteiger partial charge in [-0.2, -0.15) is 0 Å². The molecule has 1 amide bonds. The van der Waals surface area contributed by atoms with E-state index in [1.165, 1.54) is 0 Å². The maximum absolute atomic E-state index is 11.9. The summed E-state index contributed by atoms with van der Waals surface area (Å²) in [4.78, 5) is 13.5. The number of benzene rings is 1. The molecule has 0 aliphatic rings. The molecule has 15 heavy (non-hydrogen) atoms. The van der Waals surface area contributed by atoms with E-state index in [0.29, 0.717) is 23.0 Å². The summed E-state index contributed by atoms with van der Waals surface area (Å²) in [5.74, 6) is 0.387. The lowest BCUT2D eigenvalue weighted by Gasteiger charge is -2.17. The van der Waals surface area contributed by atoms with E-state index in [1.807, 2.05) is 6.92 Å². The Morgan fingerprint density at radius 1 is 1.47 bits per heavy atom. The Balaban J connectivity index is 2.96. The minimum absolute atomic E-state index is 0.0457. The maximum Gasteiger partial charge on any atom is 0.253 e. The highest BCUT2D eigenvalue weighted by atomic mass is 35.5. The molecule has 0 atom stereocenters. The zero-order valence-corrected chi connectivity index (χ0v) is 10.3. The fourth-order valence-corrected chi connectivity index (χ4v) is 1.70. The van der Waals surface area contributed by atoms with Crippen LogP contribution in [0.25, 0.3) is 0 Å². The SMILES string of the molecule is Cc1c(Cl)cccc1C(=O)N(C)CCCl. The van der Waals surface area contributed by atoms with Gasteiger partial charge in [-0.05, 0) is 24.6 Å². The first-order valence-corrected chi connectivity index (χ1v) is 5.55. The molecule has 82 valence electrons. The molecule has 1 aromatic rings. The topological polar surface area (TPSA) is 20.3 Å². The normalized spacial score (nSPS) is 10.1. The second-order valence-corrected chi connectivity index (χ2v) is 4.11. The summed E-state index contributed by atoms with van der Waals surface area (Å²) in [5, 5.41) is 0.611. The first-order chi connectivity index (χ1) is 7.07. The number of halogens is 2. The van der Waals surface area contributed by atoms with Crippen molar-refractivity contribution in [3.63, 3.8) is 0 Å². The van der Waals surface area contributed by atoms with Crippen LogP contribution in [0.3, 0.4) is 0 Å². The Labute approximate surface area is 99.8 Å². The molecule has 0 radical (unpaired) electrons. The zero-order valence-electron chi connectivity index (χ0n) is 8.76. The van der Waals surface area contributed by atoms with E-state index in [4.69, 9.17) is 23.2 Å². The van der Waals surface area contributed by atoms with Crippen LogP contribution in [-0.2, 0) is 0 Å². The molecule has 0 saturated carbocycles. The Morgan fingerprint density at radius 3 is 2.73 bits per heavy atom. The fraction of sp³-hybridized carbons (Fsp3) is 0.364. The van der Waals surface area contributed by atoms with Crippen molar-refractivity contribution in [2.45, 2.75) is 6.92 Å². The molecular formula is C11H13Cl2NO. The summed E-state index contributed by atoms with van der Waals surface area (Å²) in [6.07, 6.45) is 0. The van der Waals surface area contributed by atoms with Gasteiger partial charge in [0.25, 0.3) is 5.91 Å². The zero-order chi connectivity index (χ0) is 11.4. The van der Waals surface area contributed by atoms with Crippen LogP contribution in [0.2, 0.25) is 5.02 Å². The van der Waals surface area contributed by atoms with E-state index in [2.05, 4.69) is 0 Å². The Bertz CT molecular complexity index is 366. The molecule has 2 nitrogen and oxygen atoms in total. The lowest BCUT2D eigenvalue weighted by molar-refractivity contribution is 0.0802. The highest BCUT2D eigenvalue weighted by molar-refractivity contribution is 6.31. The van der Waals surface area contributed by atoms with E-state index in [1.54, 1.807) is 30.1 Å². The molecule has 0 saturated heterocycles. The lowest BCUT2D eigenvalue weighted by atomic mass is 10.1. The third-order valence-corrected chi connectivity index (χ3v) is 2.84. The number of hydrogen-bond donors (Lipinski definition) is 0. The van der Waals surface area contributed by atoms with Crippen LogP contribution in [0, 0.1) is 6.92 Å². The van der Waals surface area contributed by atoms with Gasteiger partial charge in [-0.1, -0.05) is 17.7 Å². The predicted molar refractivity (Wildman–Crippen MR) is 63.9 cm³/mol. The van der Waals surface area contributed by atoms with Crippen molar-refractivity contribution in [3.05, 3.63) is 34.3 Å². The molecule has 1 rings (SSSR count). The first kappa shape index (κ1) is 12.3. The van der Waals surface area contributed by atoms with Crippen LogP contribution in [-0.4, -0.2) is 30.3 Å². The van der Waals surface area contributed by atoms with Gasteiger partial charge in [-0.25, -0.2) is 0 Å². The van der Waals surface area contributed by atoms with Crippen molar-refractivity contribution in [3.8, 4) is 0 Å². The molecule has 0 aromatic heterocycles. The maximum atomic E-state index is 11.9. The van der Waals surface area contributed by atoms with Crippen molar-refractivity contribution < 1.29 is 4.79 Å². The molecule has 0 unspecified atom stereocenters. The van der Waals surface area contributed by atoms with Gasteiger partial charge >= 0.3 is 0 Å². The minimum atomic E-state index is -0.0457. The van der Waals surface area contributed by atoms with Gasteiger partial charge in [0.1, 0.15) is 0 Å². The van der Waals surface area contributed by atoms with E-state index in [-0.39, 0.29) is 5.91 Å². The molecule has 0 spiro atoms. The molecule has 0 aliphatic carbocycles.